The quantitative estimate of drug-likeness (QED) is 0.730. The van der Waals surface area contributed by atoms with Crippen molar-refractivity contribution in [3.8, 4) is 11.6 Å². The van der Waals surface area contributed by atoms with Crippen molar-refractivity contribution >= 4 is 0 Å². The van der Waals surface area contributed by atoms with Crippen molar-refractivity contribution in [2.24, 2.45) is 0 Å². The topological polar surface area (TPSA) is 42.4 Å². The van der Waals surface area contributed by atoms with E-state index >= 15 is 0 Å². The molecule has 0 spiro atoms. The largest absolute Gasteiger partial charge is 0.438 e. The lowest BCUT2D eigenvalue weighted by Crippen LogP contribution is -2.27. The summed E-state index contributed by atoms with van der Waals surface area (Å²) in [6.45, 7) is 1.76. The van der Waals surface area contributed by atoms with Crippen molar-refractivity contribution in [2.75, 3.05) is 0 Å². The first-order valence-corrected chi connectivity index (χ1v) is 5.15. The first-order chi connectivity index (χ1) is 7.69. The van der Waals surface area contributed by atoms with Crippen molar-refractivity contribution in [2.45, 2.75) is 12.5 Å². The molecule has 0 radical (unpaired) electrons. The Labute approximate surface area is 93.3 Å². The predicted molar refractivity (Wildman–Crippen MR) is 59.4 cm³/mol. The minimum atomic E-state index is -1.04. The SMILES string of the molecule is CC1(O)c2ccccc2Oc2ncccc21. The molecule has 1 aliphatic rings. The smallest absolute Gasteiger partial charge is 0.225 e. The van der Waals surface area contributed by atoms with Gasteiger partial charge >= 0.3 is 0 Å². The minimum Gasteiger partial charge on any atom is -0.438 e. The van der Waals surface area contributed by atoms with Crippen LogP contribution in [0.15, 0.2) is 42.6 Å². The van der Waals surface area contributed by atoms with Gasteiger partial charge < -0.3 is 9.84 Å². The molecule has 2 aromatic rings. The van der Waals surface area contributed by atoms with Crippen LogP contribution in [0.4, 0.5) is 0 Å². The molecular weight excluding hydrogens is 202 g/mol. The average Bonchev–Trinajstić information content (AvgIpc) is 2.29. The van der Waals surface area contributed by atoms with E-state index in [1.54, 1.807) is 19.2 Å². The summed E-state index contributed by atoms with van der Waals surface area (Å²) in [5.74, 6) is 1.14. The second-order valence-electron chi connectivity index (χ2n) is 4.03. The predicted octanol–water partition coefficient (Wildman–Crippen LogP) is 2.44. The maximum Gasteiger partial charge on any atom is 0.225 e. The lowest BCUT2D eigenvalue weighted by molar-refractivity contribution is 0.0888. The van der Waals surface area contributed by atoms with Crippen LogP contribution in [0.2, 0.25) is 0 Å². The second kappa shape index (κ2) is 3.06. The highest BCUT2D eigenvalue weighted by Crippen LogP contribution is 2.44. The van der Waals surface area contributed by atoms with Gasteiger partial charge in [0.15, 0.2) is 0 Å². The van der Waals surface area contributed by atoms with Gasteiger partial charge in [-0.15, -0.1) is 0 Å². The zero-order valence-corrected chi connectivity index (χ0v) is 8.84. The Balaban J connectivity index is 2.28. The maximum absolute atomic E-state index is 10.6. The summed E-state index contributed by atoms with van der Waals surface area (Å²) in [4.78, 5) is 4.13. The van der Waals surface area contributed by atoms with Crippen LogP contribution >= 0.6 is 0 Å². The van der Waals surface area contributed by atoms with Gasteiger partial charge in [0.2, 0.25) is 5.88 Å². The summed E-state index contributed by atoms with van der Waals surface area (Å²) in [7, 11) is 0. The molecule has 80 valence electrons. The van der Waals surface area contributed by atoms with Crippen molar-refractivity contribution in [1.82, 2.24) is 4.98 Å². The average molecular weight is 213 g/mol. The van der Waals surface area contributed by atoms with Crippen LogP contribution < -0.4 is 4.74 Å². The Bertz CT molecular complexity index is 502. The van der Waals surface area contributed by atoms with E-state index in [1.165, 1.54) is 0 Å². The molecule has 3 nitrogen and oxygen atoms in total. The Hall–Kier alpha value is -1.87. The number of aliphatic hydroxyl groups is 1. The number of hydrogen-bond acceptors (Lipinski definition) is 3. The number of benzene rings is 1. The number of hydrogen-bond donors (Lipinski definition) is 1. The molecule has 2 heterocycles. The van der Waals surface area contributed by atoms with Crippen LogP contribution in [0.1, 0.15) is 18.1 Å². The molecule has 0 aliphatic carbocycles. The first-order valence-electron chi connectivity index (χ1n) is 5.15. The summed E-state index contributed by atoms with van der Waals surface area (Å²) < 4.78 is 5.64. The molecule has 1 N–H and O–H groups in total. The van der Waals surface area contributed by atoms with Crippen LogP contribution in [0, 0.1) is 0 Å². The molecule has 0 amide bonds. The molecule has 16 heavy (non-hydrogen) atoms. The molecule has 0 bridgehead atoms. The van der Waals surface area contributed by atoms with Crippen molar-refractivity contribution in [3.63, 3.8) is 0 Å². The highest BCUT2D eigenvalue weighted by molar-refractivity contribution is 5.52. The third-order valence-corrected chi connectivity index (χ3v) is 2.91. The number of ether oxygens (including phenoxy) is 1. The number of rotatable bonds is 0. The van der Waals surface area contributed by atoms with E-state index in [0.717, 1.165) is 5.56 Å². The van der Waals surface area contributed by atoms with Crippen LogP contribution in [-0.2, 0) is 5.60 Å². The summed E-state index contributed by atoms with van der Waals surface area (Å²) in [6.07, 6.45) is 1.66. The molecule has 3 heteroatoms. The minimum absolute atomic E-state index is 0.478. The van der Waals surface area contributed by atoms with Crippen LogP contribution in [0.3, 0.4) is 0 Å². The van der Waals surface area contributed by atoms with E-state index < -0.39 is 5.60 Å². The number of nitrogens with zero attached hydrogens (tertiary/aromatic N) is 1. The number of pyridine rings is 1. The second-order valence-corrected chi connectivity index (χ2v) is 4.03. The van der Waals surface area contributed by atoms with Crippen molar-refractivity contribution in [3.05, 3.63) is 53.7 Å². The normalized spacial score (nSPS) is 21.9. The zero-order valence-electron chi connectivity index (χ0n) is 8.84. The van der Waals surface area contributed by atoms with Gasteiger partial charge in [0.05, 0.1) is 5.56 Å². The molecule has 0 saturated heterocycles. The van der Waals surface area contributed by atoms with Gasteiger partial charge in [0.1, 0.15) is 11.4 Å². The van der Waals surface area contributed by atoms with Gasteiger partial charge in [0.25, 0.3) is 0 Å². The molecule has 1 aliphatic heterocycles. The fourth-order valence-electron chi connectivity index (χ4n) is 2.05. The highest BCUT2D eigenvalue weighted by atomic mass is 16.5. The number of aromatic nitrogens is 1. The van der Waals surface area contributed by atoms with E-state index in [0.29, 0.717) is 17.2 Å². The molecule has 1 aromatic heterocycles. The monoisotopic (exact) mass is 213 g/mol. The summed E-state index contributed by atoms with van der Waals surface area (Å²) in [5, 5.41) is 10.6. The van der Waals surface area contributed by atoms with E-state index in [-0.39, 0.29) is 0 Å². The van der Waals surface area contributed by atoms with Crippen LogP contribution in [-0.4, -0.2) is 10.1 Å². The summed E-state index contributed by atoms with van der Waals surface area (Å²) in [5.41, 5.74) is 0.433. The summed E-state index contributed by atoms with van der Waals surface area (Å²) >= 11 is 0. The van der Waals surface area contributed by atoms with Crippen molar-refractivity contribution < 1.29 is 9.84 Å². The van der Waals surface area contributed by atoms with Crippen LogP contribution in [0.25, 0.3) is 0 Å². The Morgan fingerprint density at radius 2 is 1.88 bits per heavy atom. The van der Waals surface area contributed by atoms with Gasteiger partial charge in [-0.3, -0.25) is 0 Å². The molecule has 1 atom stereocenters. The highest BCUT2D eigenvalue weighted by Gasteiger charge is 2.36. The Morgan fingerprint density at radius 3 is 2.75 bits per heavy atom. The van der Waals surface area contributed by atoms with Gasteiger partial charge in [0, 0.05) is 11.8 Å². The van der Waals surface area contributed by atoms with E-state index in [2.05, 4.69) is 4.98 Å². The zero-order chi connectivity index (χ0) is 11.2. The fourth-order valence-corrected chi connectivity index (χ4v) is 2.05. The van der Waals surface area contributed by atoms with Crippen LogP contribution in [0.5, 0.6) is 11.6 Å². The lowest BCUT2D eigenvalue weighted by Gasteiger charge is -2.31. The van der Waals surface area contributed by atoms with E-state index in [4.69, 9.17) is 4.74 Å². The fraction of sp³-hybridized carbons (Fsp3) is 0.154. The number of fused-ring (bicyclic) bond motifs is 2. The maximum atomic E-state index is 10.6. The molecular formula is C13H11NO2. The van der Waals surface area contributed by atoms with Gasteiger partial charge in [-0.1, -0.05) is 18.2 Å². The van der Waals surface area contributed by atoms with Gasteiger partial charge in [-0.25, -0.2) is 4.98 Å². The molecule has 0 saturated carbocycles. The van der Waals surface area contributed by atoms with Gasteiger partial charge in [-0.2, -0.15) is 0 Å². The third-order valence-electron chi connectivity index (χ3n) is 2.91. The third kappa shape index (κ3) is 1.15. The molecule has 1 unspecified atom stereocenters. The van der Waals surface area contributed by atoms with Gasteiger partial charge in [-0.05, 0) is 25.1 Å². The first kappa shape index (κ1) is 9.36. The summed E-state index contributed by atoms with van der Waals surface area (Å²) in [6, 6.07) is 11.1. The molecule has 1 aromatic carbocycles. The van der Waals surface area contributed by atoms with E-state index in [1.807, 2.05) is 30.3 Å². The Kier molecular flexibility index (Phi) is 1.79. The molecule has 0 fully saturated rings. The molecule has 3 rings (SSSR count). The Morgan fingerprint density at radius 1 is 1.12 bits per heavy atom. The van der Waals surface area contributed by atoms with Crippen molar-refractivity contribution in [1.29, 1.82) is 0 Å². The van der Waals surface area contributed by atoms with E-state index in [9.17, 15) is 5.11 Å². The standard InChI is InChI=1S/C13H11NO2/c1-13(15)9-5-2-3-7-11(9)16-12-10(13)6-4-8-14-12/h2-8,15H,1H3. The lowest BCUT2D eigenvalue weighted by atomic mass is 9.86. The number of para-hydroxylation sites is 1.